The van der Waals surface area contributed by atoms with Crippen LogP contribution in [0.3, 0.4) is 0 Å². The second kappa shape index (κ2) is 9.92. The topological polar surface area (TPSA) is 113 Å². The average molecular weight is 495 g/mol. The number of hydrogen-bond acceptors (Lipinski definition) is 7. The Hall–Kier alpha value is -1.92. The molecule has 1 atom stereocenters. The zero-order chi connectivity index (χ0) is 22.7. The van der Waals surface area contributed by atoms with Crippen LogP contribution in [0.4, 0.5) is 5.69 Å². The summed E-state index contributed by atoms with van der Waals surface area (Å²) in [5.74, 6) is 0.750. The van der Waals surface area contributed by atoms with Crippen molar-refractivity contribution in [2.75, 3.05) is 36.5 Å². The molecule has 11 heteroatoms. The molecule has 4 rings (SSSR count). The Balaban J connectivity index is 1.48. The lowest BCUT2D eigenvalue weighted by Gasteiger charge is -2.25. The molecular formula is C21H26N4O4S3. The highest BCUT2D eigenvalue weighted by Gasteiger charge is 2.31. The molecule has 8 nitrogen and oxygen atoms in total. The van der Waals surface area contributed by atoms with Gasteiger partial charge in [0.1, 0.15) is 9.77 Å². The summed E-state index contributed by atoms with van der Waals surface area (Å²) < 4.78 is 27.6. The Morgan fingerprint density at radius 3 is 2.69 bits per heavy atom. The number of nitrogens with one attached hydrogen (secondary N) is 1. The number of benzene rings is 1. The number of anilines is 1. The Morgan fingerprint density at radius 2 is 1.94 bits per heavy atom. The van der Waals surface area contributed by atoms with E-state index in [-0.39, 0.29) is 21.7 Å². The number of amides is 2. The van der Waals surface area contributed by atoms with Gasteiger partial charge < -0.3 is 11.1 Å². The summed E-state index contributed by atoms with van der Waals surface area (Å²) in [6.07, 6.45) is 1.69. The van der Waals surface area contributed by atoms with Gasteiger partial charge in [-0.2, -0.15) is 16.1 Å². The SMILES string of the molecule is NC(=O)C1CCCN1Cc1cccc(NC(=O)c2sccc2S(=O)(=O)N2CCSCC2)c1. The average Bonchev–Trinajstić information content (AvgIpc) is 3.45. The Morgan fingerprint density at radius 1 is 1.16 bits per heavy atom. The molecule has 0 saturated carbocycles. The lowest BCUT2D eigenvalue weighted by Crippen LogP contribution is -2.39. The molecule has 0 aliphatic carbocycles. The predicted molar refractivity (Wildman–Crippen MR) is 127 cm³/mol. The van der Waals surface area contributed by atoms with Crippen LogP contribution >= 0.6 is 23.1 Å². The molecule has 1 unspecified atom stereocenters. The van der Waals surface area contributed by atoms with Crippen molar-refractivity contribution < 1.29 is 18.0 Å². The molecule has 2 saturated heterocycles. The largest absolute Gasteiger partial charge is 0.368 e. The molecule has 3 heterocycles. The number of nitrogens with two attached hydrogens (primary N) is 1. The van der Waals surface area contributed by atoms with Crippen molar-refractivity contribution in [3.63, 3.8) is 0 Å². The minimum Gasteiger partial charge on any atom is -0.368 e. The maximum absolute atomic E-state index is 13.1. The van der Waals surface area contributed by atoms with E-state index in [9.17, 15) is 18.0 Å². The summed E-state index contributed by atoms with van der Waals surface area (Å²) >= 11 is 2.85. The minimum absolute atomic E-state index is 0.0596. The van der Waals surface area contributed by atoms with Crippen LogP contribution in [0, 0.1) is 0 Å². The van der Waals surface area contributed by atoms with Gasteiger partial charge >= 0.3 is 0 Å². The van der Waals surface area contributed by atoms with Crippen LogP contribution in [-0.2, 0) is 21.4 Å². The van der Waals surface area contributed by atoms with Gasteiger partial charge in [-0.25, -0.2) is 8.42 Å². The quantitative estimate of drug-likeness (QED) is 0.610. The van der Waals surface area contributed by atoms with Crippen molar-refractivity contribution >= 4 is 50.6 Å². The van der Waals surface area contributed by atoms with Crippen LogP contribution < -0.4 is 11.1 Å². The van der Waals surface area contributed by atoms with Crippen LogP contribution in [0.15, 0.2) is 40.6 Å². The fraction of sp³-hybridized carbons (Fsp3) is 0.429. The van der Waals surface area contributed by atoms with E-state index in [1.165, 1.54) is 10.4 Å². The smallest absolute Gasteiger partial charge is 0.267 e. The van der Waals surface area contributed by atoms with Crippen LogP contribution in [0.25, 0.3) is 0 Å². The van der Waals surface area contributed by atoms with Gasteiger partial charge in [0.15, 0.2) is 0 Å². The Bertz CT molecular complexity index is 1100. The monoisotopic (exact) mass is 494 g/mol. The fourth-order valence-electron chi connectivity index (χ4n) is 4.10. The molecule has 2 aliphatic heterocycles. The molecule has 2 fully saturated rings. The zero-order valence-electron chi connectivity index (χ0n) is 17.5. The molecule has 2 aliphatic rings. The summed E-state index contributed by atoms with van der Waals surface area (Å²) in [6, 6.07) is 8.61. The molecule has 0 spiro atoms. The van der Waals surface area contributed by atoms with Crippen molar-refractivity contribution in [2.24, 2.45) is 5.73 Å². The number of sulfonamides is 1. The van der Waals surface area contributed by atoms with Crippen molar-refractivity contribution in [1.29, 1.82) is 0 Å². The lowest BCUT2D eigenvalue weighted by atomic mass is 10.1. The van der Waals surface area contributed by atoms with Gasteiger partial charge in [0, 0.05) is 36.8 Å². The standard InChI is InChI=1S/C21H26N4O4S3/c22-20(26)17-5-2-7-24(17)14-15-3-1-4-16(13-15)23-21(27)19-18(6-10-31-19)32(28,29)25-8-11-30-12-9-25/h1,3-4,6,10,13,17H,2,5,7-9,11-12,14H2,(H2,22,26)(H,23,27). The highest BCUT2D eigenvalue weighted by Crippen LogP contribution is 2.28. The first-order valence-corrected chi connectivity index (χ1v) is 13.9. The number of hydrogen-bond donors (Lipinski definition) is 2. The van der Waals surface area contributed by atoms with Crippen molar-refractivity contribution in [3.05, 3.63) is 46.2 Å². The van der Waals surface area contributed by atoms with E-state index in [1.807, 2.05) is 23.1 Å². The van der Waals surface area contributed by atoms with E-state index >= 15 is 0 Å². The number of rotatable bonds is 7. The molecule has 2 aromatic rings. The lowest BCUT2D eigenvalue weighted by molar-refractivity contribution is -0.122. The summed E-state index contributed by atoms with van der Waals surface area (Å²) in [5.41, 5.74) is 7.03. The van der Waals surface area contributed by atoms with E-state index in [2.05, 4.69) is 5.32 Å². The maximum Gasteiger partial charge on any atom is 0.267 e. The van der Waals surface area contributed by atoms with Gasteiger partial charge in [0.2, 0.25) is 15.9 Å². The first kappa shape index (κ1) is 23.2. The first-order valence-electron chi connectivity index (χ1n) is 10.5. The van der Waals surface area contributed by atoms with E-state index < -0.39 is 15.9 Å². The second-order valence-corrected chi connectivity index (χ2v) is 11.9. The minimum atomic E-state index is -3.71. The number of primary amides is 1. The molecular weight excluding hydrogens is 468 g/mol. The Kier molecular flexibility index (Phi) is 7.21. The highest BCUT2D eigenvalue weighted by molar-refractivity contribution is 7.99. The predicted octanol–water partition coefficient (Wildman–Crippen LogP) is 2.19. The van der Waals surface area contributed by atoms with Gasteiger partial charge in [0.05, 0.1) is 6.04 Å². The van der Waals surface area contributed by atoms with Gasteiger partial charge in [-0.1, -0.05) is 12.1 Å². The summed E-state index contributed by atoms with van der Waals surface area (Å²) in [6.45, 7) is 2.27. The second-order valence-electron chi connectivity index (χ2n) is 7.82. The Labute approximate surface area is 196 Å². The van der Waals surface area contributed by atoms with Gasteiger partial charge in [-0.15, -0.1) is 11.3 Å². The van der Waals surface area contributed by atoms with Crippen molar-refractivity contribution in [2.45, 2.75) is 30.3 Å². The number of nitrogens with zero attached hydrogens (tertiary/aromatic N) is 2. The van der Waals surface area contributed by atoms with Crippen molar-refractivity contribution in [1.82, 2.24) is 9.21 Å². The van der Waals surface area contributed by atoms with Crippen LogP contribution in [0.1, 0.15) is 28.1 Å². The van der Waals surface area contributed by atoms with E-state index in [0.29, 0.717) is 25.3 Å². The summed E-state index contributed by atoms with van der Waals surface area (Å²) in [5, 5.41) is 4.47. The van der Waals surface area contributed by atoms with E-state index in [0.717, 1.165) is 47.8 Å². The fourth-order valence-corrected chi connectivity index (χ4v) is 7.97. The van der Waals surface area contributed by atoms with E-state index in [4.69, 9.17) is 5.73 Å². The number of thioether (sulfide) groups is 1. The molecule has 1 aromatic heterocycles. The molecule has 1 aromatic carbocycles. The first-order chi connectivity index (χ1) is 15.4. The molecule has 0 bridgehead atoms. The van der Waals surface area contributed by atoms with Gasteiger partial charge in [-0.05, 0) is 48.5 Å². The van der Waals surface area contributed by atoms with Crippen LogP contribution in [0.5, 0.6) is 0 Å². The maximum atomic E-state index is 13.1. The van der Waals surface area contributed by atoms with Crippen LogP contribution in [0.2, 0.25) is 0 Å². The molecule has 2 amide bonds. The third kappa shape index (κ3) is 5.01. The van der Waals surface area contributed by atoms with Crippen molar-refractivity contribution in [3.8, 4) is 0 Å². The highest BCUT2D eigenvalue weighted by atomic mass is 32.2. The number of thiophene rings is 1. The molecule has 32 heavy (non-hydrogen) atoms. The molecule has 172 valence electrons. The molecule has 3 N–H and O–H groups in total. The zero-order valence-corrected chi connectivity index (χ0v) is 20.0. The summed E-state index contributed by atoms with van der Waals surface area (Å²) in [4.78, 5) is 26.9. The van der Waals surface area contributed by atoms with E-state index in [1.54, 1.807) is 23.2 Å². The summed E-state index contributed by atoms with van der Waals surface area (Å²) in [7, 11) is -3.71. The number of likely N-dealkylation sites (tertiary alicyclic amines) is 1. The molecule has 0 radical (unpaired) electrons. The third-order valence-corrected chi connectivity index (χ3v) is 9.61. The van der Waals surface area contributed by atoms with Gasteiger partial charge in [0.25, 0.3) is 5.91 Å². The van der Waals surface area contributed by atoms with Gasteiger partial charge in [-0.3, -0.25) is 14.5 Å². The normalized spacial score (nSPS) is 20.3. The number of carbonyl (C=O) groups excluding carboxylic acids is 2. The number of carbonyl (C=O) groups is 2. The van der Waals surface area contributed by atoms with Crippen LogP contribution in [-0.4, -0.2) is 66.6 Å². The third-order valence-electron chi connectivity index (χ3n) is 5.69.